The van der Waals surface area contributed by atoms with Gasteiger partial charge in [-0.05, 0) is 17.5 Å². The Morgan fingerprint density at radius 2 is 2.00 bits per heavy atom. The number of benzene rings is 1. The van der Waals surface area contributed by atoms with Gasteiger partial charge in [0.15, 0.2) is 11.5 Å². The number of ether oxygens (including phenoxy) is 1. The third-order valence-electron chi connectivity index (χ3n) is 3.06. The number of aromatic nitrogens is 1. The van der Waals surface area contributed by atoms with Crippen molar-refractivity contribution in [3.8, 4) is 17.1 Å². The number of hydrogen-bond acceptors (Lipinski definition) is 4. The van der Waals surface area contributed by atoms with E-state index in [1.165, 1.54) is 6.07 Å². The molecule has 0 amide bonds. The standard InChI is InChI=1S/C15H16ClNO4/c1-15(2,3)10-6-8(16)5-9(13(10)20-4)12-7-11(14(18)19)17-21-12/h5-7H,1-4H3,(H,18,19). The van der Waals surface area contributed by atoms with Gasteiger partial charge in [0.2, 0.25) is 0 Å². The normalized spacial score (nSPS) is 11.5. The zero-order valence-electron chi connectivity index (χ0n) is 12.2. The Kier molecular flexibility index (Phi) is 3.96. The highest BCUT2D eigenvalue weighted by Gasteiger charge is 2.25. The van der Waals surface area contributed by atoms with Crippen molar-refractivity contribution in [3.05, 3.63) is 34.5 Å². The first-order valence-electron chi connectivity index (χ1n) is 6.32. The first kappa shape index (κ1) is 15.4. The van der Waals surface area contributed by atoms with Gasteiger partial charge in [0.1, 0.15) is 5.75 Å². The minimum atomic E-state index is -1.15. The van der Waals surface area contributed by atoms with E-state index in [4.69, 9.17) is 26.0 Å². The molecule has 0 unspecified atom stereocenters. The number of hydrogen-bond donors (Lipinski definition) is 1. The van der Waals surface area contributed by atoms with E-state index >= 15 is 0 Å². The summed E-state index contributed by atoms with van der Waals surface area (Å²) in [5.41, 5.74) is 1.13. The number of carboxylic acid groups (broad SMARTS) is 1. The van der Waals surface area contributed by atoms with E-state index in [9.17, 15) is 4.79 Å². The van der Waals surface area contributed by atoms with Crippen LogP contribution in [0, 0.1) is 0 Å². The maximum Gasteiger partial charge on any atom is 0.358 e. The van der Waals surface area contributed by atoms with Crippen LogP contribution in [0.4, 0.5) is 0 Å². The molecule has 0 radical (unpaired) electrons. The molecule has 1 heterocycles. The van der Waals surface area contributed by atoms with Crippen molar-refractivity contribution < 1.29 is 19.2 Å². The second kappa shape index (κ2) is 5.41. The van der Waals surface area contributed by atoms with Gasteiger partial charge in [-0.15, -0.1) is 0 Å². The Balaban J connectivity index is 2.67. The van der Waals surface area contributed by atoms with Gasteiger partial charge in [-0.3, -0.25) is 0 Å². The molecule has 0 saturated carbocycles. The minimum Gasteiger partial charge on any atom is -0.496 e. The zero-order valence-corrected chi connectivity index (χ0v) is 13.0. The zero-order chi connectivity index (χ0) is 15.8. The highest BCUT2D eigenvalue weighted by Crippen LogP contribution is 2.41. The first-order chi connectivity index (χ1) is 9.74. The summed E-state index contributed by atoms with van der Waals surface area (Å²) in [5.74, 6) is -0.251. The average molecular weight is 310 g/mol. The van der Waals surface area contributed by atoms with E-state index in [1.54, 1.807) is 13.2 Å². The number of halogens is 1. The van der Waals surface area contributed by atoms with Crippen molar-refractivity contribution >= 4 is 17.6 Å². The molecule has 0 aliphatic rings. The number of carbonyl (C=O) groups is 1. The molecule has 0 bridgehead atoms. The Morgan fingerprint density at radius 1 is 1.33 bits per heavy atom. The molecule has 0 atom stereocenters. The Hall–Kier alpha value is -2.01. The molecule has 112 valence electrons. The molecule has 2 aromatic rings. The fourth-order valence-electron chi connectivity index (χ4n) is 2.06. The van der Waals surface area contributed by atoms with Crippen molar-refractivity contribution in [3.63, 3.8) is 0 Å². The molecule has 0 saturated heterocycles. The van der Waals surface area contributed by atoms with Gasteiger partial charge in [0.05, 0.1) is 12.7 Å². The fourth-order valence-corrected chi connectivity index (χ4v) is 2.27. The van der Waals surface area contributed by atoms with Crippen LogP contribution in [-0.2, 0) is 5.41 Å². The van der Waals surface area contributed by atoms with Crippen LogP contribution in [0.1, 0.15) is 36.8 Å². The summed E-state index contributed by atoms with van der Waals surface area (Å²) in [6.07, 6.45) is 0. The second-order valence-corrected chi connectivity index (χ2v) is 6.10. The molecule has 0 spiro atoms. The lowest BCUT2D eigenvalue weighted by Gasteiger charge is -2.23. The third-order valence-corrected chi connectivity index (χ3v) is 3.28. The molecular formula is C15H16ClNO4. The smallest absolute Gasteiger partial charge is 0.358 e. The summed E-state index contributed by atoms with van der Waals surface area (Å²) in [7, 11) is 1.55. The molecule has 1 aromatic carbocycles. The van der Waals surface area contributed by atoms with Crippen molar-refractivity contribution in [2.24, 2.45) is 0 Å². The highest BCUT2D eigenvalue weighted by molar-refractivity contribution is 6.31. The predicted molar refractivity (Wildman–Crippen MR) is 79.2 cm³/mol. The van der Waals surface area contributed by atoms with Crippen molar-refractivity contribution in [2.45, 2.75) is 26.2 Å². The van der Waals surface area contributed by atoms with Crippen LogP contribution in [0.5, 0.6) is 5.75 Å². The van der Waals surface area contributed by atoms with E-state index in [0.717, 1.165) is 5.56 Å². The Labute approximate surface area is 127 Å². The Bertz CT molecular complexity index is 685. The third kappa shape index (κ3) is 3.03. The van der Waals surface area contributed by atoms with E-state index < -0.39 is 5.97 Å². The van der Waals surface area contributed by atoms with Crippen molar-refractivity contribution in [2.75, 3.05) is 7.11 Å². The lowest BCUT2D eigenvalue weighted by atomic mass is 9.85. The van der Waals surface area contributed by atoms with Crippen LogP contribution in [0.25, 0.3) is 11.3 Å². The van der Waals surface area contributed by atoms with Gasteiger partial charge in [-0.25, -0.2) is 4.79 Å². The lowest BCUT2D eigenvalue weighted by molar-refractivity contribution is 0.0686. The van der Waals surface area contributed by atoms with Crippen LogP contribution in [0.2, 0.25) is 5.02 Å². The molecule has 5 nitrogen and oxygen atoms in total. The molecule has 0 aliphatic heterocycles. The minimum absolute atomic E-state index is 0.163. The van der Waals surface area contributed by atoms with E-state index in [1.807, 2.05) is 26.8 Å². The largest absolute Gasteiger partial charge is 0.496 e. The molecule has 0 fully saturated rings. The number of nitrogens with zero attached hydrogens (tertiary/aromatic N) is 1. The molecule has 2 rings (SSSR count). The summed E-state index contributed by atoms with van der Waals surface area (Å²) in [4.78, 5) is 10.9. The number of aromatic carboxylic acids is 1. The second-order valence-electron chi connectivity index (χ2n) is 5.67. The maximum atomic E-state index is 10.9. The molecule has 0 aliphatic carbocycles. The average Bonchev–Trinajstić information content (AvgIpc) is 2.86. The van der Waals surface area contributed by atoms with Crippen LogP contribution in [0.15, 0.2) is 22.7 Å². The van der Waals surface area contributed by atoms with Gasteiger partial charge in [-0.1, -0.05) is 37.5 Å². The maximum absolute atomic E-state index is 10.9. The van der Waals surface area contributed by atoms with E-state index in [0.29, 0.717) is 22.1 Å². The van der Waals surface area contributed by atoms with E-state index in [2.05, 4.69) is 5.16 Å². The van der Waals surface area contributed by atoms with Gasteiger partial charge < -0.3 is 14.4 Å². The number of rotatable bonds is 3. The van der Waals surface area contributed by atoms with Gasteiger partial charge in [0.25, 0.3) is 0 Å². The summed E-state index contributed by atoms with van der Waals surface area (Å²) < 4.78 is 10.6. The molecular weight excluding hydrogens is 294 g/mol. The summed E-state index contributed by atoms with van der Waals surface area (Å²) in [5, 5.41) is 13.0. The summed E-state index contributed by atoms with van der Waals surface area (Å²) in [6.45, 7) is 6.11. The van der Waals surface area contributed by atoms with Crippen LogP contribution >= 0.6 is 11.6 Å². The SMILES string of the molecule is COc1c(-c2cc(C(=O)O)no2)cc(Cl)cc1C(C)(C)C. The van der Waals surface area contributed by atoms with Crippen LogP contribution < -0.4 is 4.74 Å². The predicted octanol–water partition coefficient (Wildman–Crippen LogP) is 4.00. The van der Waals surface area contributed by atoms with Gasteiger partial charge in [0, 0.05) is 16.7 Å². The van der Waals surface area contributed by atoms with E-state index in [-0.39, 0.29) is 11.1 Å². The number of methoxy groups -OCH3 is 1. The van der Waals surface area contributed by atoms with Crippen LogP contribution in [0.3, 0.4) is 0 Å². The highest BCUT2D eigenvalue weighted by atomic mass is 35.5. The van der Waals surface area contributed by atoms with Gasteiger partial charge >= 0.3 is 5.97 Å². The monoisotopic (exact) mass is 309 g/mol. The molecule has 1 N–H and O–H groups in total. The summed E-state index contributed by atoms with van der Waals surface area (Å²) in [6, 6.07) is 4.85. The molecule has 6 heteroatoms. The summed E-state index contributed by atoms with van der Waals surface area (Å²) >= 11 is 6.17. The van der Waals surface area contributed by atoms with Crippen molar-refractivity contribution in [1.82, 2.24) is 5.16 Å². The first-order valence-corrected chi connectivity index (χ1v) is 6.70. The van der Waals surface area contributed by atoms with Gasteiger partial charge in [-0.2, -0.15) is 0 Å². The fraction of sp³-hybridized carbons (Fsp3) is 0.333. The molecule has 1 aromatic heterocycles. The van der Waals surface area contributed by atoms with Crippen molar-refractivity contribution in [1.29, 1.82) is 0 Å². The van der Waals surface area contributed by atoms with Crippen LogP contribution in [-0.4, -0.2) is 23.3 Å². The Morgan fingerprint density at radius 3 is 2.48 bits per heavy atom. The molecule has 21 heavy (non-hydrogen) atoms. The topological polar surface area (TPSA) is 72.6 Å². The number of carboxylic acids is 1. The quantitative estimate of drug-likeness (QED) is 0.927. The lowest BCUT2D eigenvalue weighted by Crippen LogP contribution is -2.13.